The van der Waals surface area contributed by atoms with Gasteiger partial charge in [0.1, 0.15) is 28.3 Å². The quantitative estimate of drug-likeness (QED) is 0.620. The highest BCUT2D eigenvalue weighted by Crippen LogP contribution is 2.27. The molecular weight excluding hydrogens is 404 g/mol. The minimum absolute atomic E-state index is 0.0618. The summed E-state index contributed by atoms with van der Waals surface area (Å²) in [6, 6.07) is 11.2. The Hall–Kier alpha value is -3.06. The lowest BCUT2D eigenvalue weighted by atomic mass is 10.1. The molecule has 156 valence electrons. The first-order valence-corrected chi connectivity index (χ1v) is 10.2. The number of rotatable bonds is 5. The van der Waals surface area contributed by atoms with Crippen LogP contribution < -0.4 is 9.47 Å². The summed E-state index contributed by atoms with van der Waals surface area (Å²) in [4.78, 5) is 19.0. The predicted molar refractivity (Wildman–Crippen MR) is 114 cm³/mol. The Morgan fingerprint density at radius 3 is 2.93 bits per heavy atom. The van der Waals surface area contributed by atoms with Crippen molar-refractivity contribution in [3.05, 3.63) is 59.5 Å². The van der Waals surface area contributed by atoms with Gasteiger partial charge in [0, 0.05) is 37.6 Å². The Balaban J connectivity index is 1.50. The number of aryl methyl sites for hydroxylation is 1. The minimum atomic E-state index is -0.117. The van der Waals surface area contributed by atoms with Gasteiger partial charge in [0.25, 0.3) is 5.91 Å². The molecule has 30 heavy (non-hydrogen) atoms. The summed E-state index contributed by atoms with van der Waals surface area (Å²) < 4.78 is 12.9. The van der Waals surface area contributed by atoms with Crippen LogP contribution in [0, 0.1) is 0 Å². The van der Waals surface area contributed by atoms with E-state index in [1.807, 2.05) is 35.2 Å². The third kappa shape index (κ3) is 4.26. The Kier molecular flexibility index (Phi) is 5.90. The van der Waals surface area contributed by atoms with Gasteiger partial charge in [-0.1, -0.05) is 23.7 Å². The monoisotopic (exact) mass is 426 g/mol. The van der Waals surface area contributed by atoms with Crippen molar-refractivity contribution in [2.24, 2.45) is 7.05 Å². The molecule has 2 aromatic heterocycles. The topological polar surface area (TPSA) is 69.5 Å². The smallest absolute Gasteiger partial charge is 0.272 e. The second-order valence-electron chi connectivity index (χ2n) is 7.21. The Bertz CT molecular complexity index is 1050. The maximum atomic E-state index is 13.2. The number of aromatic nitrogens is 3. The summed E-state index contributed by atoms with van der Waals surface area (Å²) in [5.41, 5.74) is 2.17. The van der Waals surface area contributed by atoms with E-state index < -0.39 is 0 Å². The average molecular weight is 427 g/mol. The maximum Gasteiger partial charge on any atom is 0.272 e. The third-order valence-corrected chi connectivity index (χ3v) is 5.44. The number of hydrogen-bond acceptors (Lipinski definition) is 5. The number of pyridine rings is 1. The van der Waals surface area contributed by atoms with Crippen molar-refractivity contribution < 1.29 is 14.3 Å². The van der Waals surface area contributed by atoms with E-state index in [9.17, 15) is 4.79 Å². The number of amides is 1. The molecule has 3 aromatic rings. The van der Waals surface area contributed by atoms with Gasteiger partial charge in [-0.05, 0) is 31.0 Å². The summed E-state index contributed by atoms with van der Waals surface area (Å²) in [6.45, 7) is 1.18. The van der Waals surface area contributed by atoms with E-state index in [4.69, 9.17) is 21.1 Å². The first-order chi connectivity index (χ1) is 14.5. The maximum absolute atomic E-state index is 13.2. The van der Waals surface area contributed by atoms with E-state index in [0.717, 1.165) is 29.8 Å². The van der Waals surface area contributed by atoms with Crippen LogP contribution in [0.2, 0.25) is 5.02 Å². The van der Waals surface area contributed by atoms with Crippen molar-refractivity contribution in [1.82, 2.24) is 19.7 Å². The molecule has 0 spiro atoms. The first-order valence-electron chi connectivity index (χ1n) is 9.79. The van der Waals surface area contributed by atoms with E-state index >= 15 is 0 Å². The molecule has 8 heteroatoms. The van der Waals surface area contributed by atoms with Crippen molar-refractivity contribution in [1.29, 1.82) is 0 Å². The van der Waals surface area contributed by atoms with Crippen LogP contribution in [0.4, 0.5) is 0 Å². The highest BCUT2D eigenvalue weighted by molar-refractivity contribution is 6.31. The van der Waals surface area contributed by atoms with Gasteiger partial charge in [0.2, 0.25) is 0 Å². The molecule has 1 atom stereocenters. The molecule has 3 heterocycles. The molecule has 1 amide bonds. The lowest BCUT2D eigenvalue weighted by Crippen LogP contribution is -2.44. The molecule has 7 nitrogen and oxygen atoms in total. The fraction of sp³-hybridized carbons (Fsp3) is 0.318. The van der Waals surface area contributed by atoms with Crippen LogP contribution in [0.1, 0.15) is 23.3 Å². The fourth-order valence-corrected chi connectivity index (χ4v) is 3.77. The van der Waals surface area contributed by atoms with Gasteiger partial charge in [-0.3, -0.25) is 14.5 Å². The van der Waals surface area contributed by atoms with E-state index in [1.165, 1.54) is 0 Å². The van der Waals surface area contributed by atoms with Crippen LogP contribution in [0.15, 0.2) is 48.8 Å². The van der Waals surface area contributed by atoms with Crippen LogP contribution in [0.25, 0.3) is 11.3 Å². The van der Waals surface area contributed by atoms with Crippen LogP contribution >= 0.6 is 11.6 Å². The number of methoxy groups -OCH3 is 1. The minimum Gasteiger partial charge on any atom is -0.497 e. The second-order valence-corrected chi connectivity index (χ2v) is 7.62. The summed E-state index contributed by atoms with van der Waals surface area (Å²) in [5.74, 6) is 1.27. The fourth-order valence-electron chi connectivity index (χ4n) is 3.61. The van der Waals surface area contributed by atoms with Gasteiger partial charge in [0.05, 0.1) is 19.3 Å². The number of ether oxygens (including phenoxy) is 2. The molecule has 0 aliphatic carbocycles. The average Bonchev–Trinajstić information content (AvgIpc) is 3.17. The van der Waals surface area contributed by atoms with Gasteiger partial charge in [-0.25, -0.2) is 0 Å². The standard InChI is InChI=1S/C22H23ClN4O3/c1-26-20(12-19(25-26)15-5-3-6-16(11-15)29-2)22(28)27-10-4-7-17(14-27)30-21-8-9-24-13-18(21)23/h3,5-6,8-9,11-13,17H,4,7,10,14H2,1-2H3. The van der Waals surface area contributed by atoms with Crippen LogP contribution in [-0.2, 0) is 7.05 Å². The van der Waals surface area contributed by atoms with Crippen molar-refractivity contribution in [2.45, 2.75) is 18.9 Å². The van der Waals surface area contributed by atoms with Crippen LogP contribution in [0.3, 0.4) is 0 Å². The van der Waals surface area contributed by atoms with Gasteiger partial charge in [-0.2, -0.15) is 5.10 Å². The predicted octanol–water partition coefficient (Wildman–Crippen LogP) is 3.83. The molecule has 0 saturated carbocycles. The number of nitrogens with zero attached hydrogens (tertiary/aromatic N) is 4. The molecule has 1 aliphatic heterocycles. The Morgan fingerprint density at radius 1 is 1.27 bits per heavy atom. The lowest BCUT2D eigenvalue weighted by molar-refractivity contribution is 0.0528. The summed E-state index contributed by atoms with van der Waals surface area (Å²) in [5, 5.41) is 5.00. The van der Waals surface area contributed by atoms with Gasteiger partial charge in [0.15, 0.2) is 0 Å². The molecule has 0 radical (unpaired) electrons. The second kappa shape index (κ2) is 8.75. The number of carbonyl (C=O) groups is 1. The Labute approximate surface area is 180 Å². The lowest BCUT2D eigenvalue weighted by Gasteiger charge is -2.33. The molecule has 0 N–H and O–H groups in total. The molecule has 0 bridgehead atoms. The van der Waals surface area contributed by atoms with E-state index in [2.05, 4.69) is 10.1 Å². The number of benzene rings is 1. The van der Waals surface area contributed by atoms with Crippen LogP contribution in [-0.4, -0.2) is 51.9 Å². The molecule has 1 saturated heterocycles. The zero-order valence-corrected chi connectivity index (χ0v) is 17.7. The van der Waals surface area contributed by atoms with Crippen LogP contribution in [0.5, 0.6) is 11.5 Å². The summed E-state index contributed by atoms with van der Waals surface area (Å²) in [6.07, 6.45) is 4.80. The van der Waals surface area contributed by atoms with Gasteiger partial charge < -0.3 is 14.4 Å². The van der Waals surface area contributed by atoms with Crippen molar-refractivity contribution in [3.8, 4) is 22.8 Å². The molecule has 1 unspecified atom stereocenters. The van der Waals surface area contributed by atoms with E-state index in [1.54, 1.807) is 37.3 Å². The zero-order chi connectivity index (χ0) is 21.1. The number of hydrogen-bond donors (Lipinski definition) is 0. The molecule has 1 aromatic carbocycles. The molecule has 4 rings (SSSR count). The Morgan fingerprint density at radius 2 is 2.13 bits per heavy atom. The molecule has 1 aliphatic rings. The molecular formula is C22H23ClN4O3. The zero-order valence-electron chi connectivity index (χ0n) is 16.9. The highest BCUT2D eigenvalue weighted by Gasteiger charge is 2.28. The van der Waals surface area contributed by atoms with E-state index in [0.29, 0.717) is 29.6 Å². The third-order valence-electron chi connectivity index (χ3n) is 5.16. The van der Waals surface area contributed by atoms with Gasteiger partial charge >= 0.3 is 0 Å². The van der Waals surface area contributed by atoms with Gasteiger partial charge in [-0.15, -0.1) is 0 Å². The first kappa shape index (κ1) is 20.2. The van der Waals surface area contributed by atoms with Crippen molar-refractivity contribution in [2.75, 3.05) is 20.2 Å². The van der Waals surface area contributed by atoms with E-state index in [-0.39, 0.29) is 12.0 Å². The highest BCUT2D eigenvalue weighted by atomic mass is 35.5. The number of likely N-dealkylation sites (tertiary alicyclic amines) is 1. The normalized spacial score (nSPS) is 16.4. The van der Waals surface area contributed by atoms with Crippen molar-refractivity contribution >= 4 is 17.5 Å². The largest absolute Gasteiger partial charge is 0.497 e. The number of carbonyl (C=O) groups excluding carboxylic acids is 1. The molecule has 1 fully saturated rings. The SMILES string of the molecule is COc1cccc(-c2cc(C(=O)N3CCCC(Oc4ccncc4Cl)C3)n(C)n2)c1. The van der Waals surface area contributed by atoms with Crippen molar-refractivity contribution in [3.63, 3.8) is 0 Å². The number of piperidine rings is 1. The summed E-state index contributed by atoms with van der Waals surface area (Å²) in [7, 11) is 3.41. The summed E-state index contributed by atoms with van der Waals surface area (Å²) >= 11 is 6.15. The number of halogens is 1.